The van der Waals surface area contributed by atoms with Crippen molar-refractivity contribution >= 4 is 22.7 Å². The molecule has 244 valence electrons. The van der Waals surface area contributed by atoms with E-state index < -0.39 is 0 Å². The molecule has 46 heavy (non-hydrogen) atoms. The summed E-state index contributed by atoms with van der Waals surface area (Å²) in [6, 6.07) is 42.3. The molecule has 5 heteroatoms. The summed E-state index contributed by atoms with van der Waals surface area (Å²) in [5, 5.41) is 4.01. The second-order valence-electron chi connectivity index (χ2n) is 11.9. The van der Waals surface area contributed by atoms with Crippen LogP contribution in [0.1, 0.15) is 39.8 Å². The van der Waals surface area contributed by atoms with Crippen molar-refractivity contribution in [2.75, 3.05) is 44.5 Å². The van der Waals surface area contributed by atoms with Crippen molar-refractivity contribution in [1.29, 1.82) is 0 Å². The Bertz CT molecular complexity index is 1610. The third kappa shape index (κ3) is 9.23. The third-order valence-electron chi connectivity index (χ3n) is 8.66. The summed E-state index contributed by atoms with van der Waals surface area (Å²) in [5.41, 5.74) is 13.3. The van der Waals surface area contributed by atoms with Crippen molar-refractivity contribution < 1.29 is 46.9 Å². The average Bonchev–Trinajstić information content (AvgIpc) is 3.46. The minimum absolute atomic E-state index is 0. The van der Waals surface area contributed by atoms with Crippen molar-refractivity contribution in [3.8, 4) is 0 Å². The number of rotatable bonds is 1. The maximum absolute atomic E-state index is 4.01. The molecule has 0 N–H and O–H groups in total. The van der Waals surface area contributed by atoms with Crippen molar-refractivity contribution in [3.05, 3.63) is 167 Å². The molecule has 0 atom stereocenters. The maximum Gasteiger partial charge on any atom is 2.00 e. The molecule has 0 amide bonds. The minimum atomic E-state index is 0. The smallest absolute Gasteiger partial charge is 0.745 e. The van der Waals surface area contributed by atoms with Crippen LogP contribution in [0.3, 0.4) is 0 Å². The quantitative estimate of drug-likeness (QED) is 0.159. The number of benzene rings is 5. The first-order valence-corrected chi connectivity index (χ1v) is 15.9. The first-order valence-electron chi connectivity index (χ1n) is 15.9. The van der Waals surface area contributed by atoms with Crippen LogP contribution in [-0.2, 0) is 25.9 Å². The molecule has 8 rings (SSSR count). The Hall–Kier alpha value is -3.15. The normalized spacial score (nSPS) is 13.7. The second kappa shape index (κ2) is 17.7. The molecule has 0 bridgehead atoms. The predicted octanol–water partition coefficient (Wildman–Crippen LogP) is 9.56. The Balaban J connectivity index is 0.000000141. The van der Waals surface area contributed by atoms with E-state index in [9.17, 15) is 0 Å². The molecule has 0 aliphatic carbocycles. The van der Waals surface area contributed by atoms with Gasteiger partial charge in [-0.2, -0.15) is 13.1 Å². The summed E-state index contributed by atoms with van der Waals surface area (Å²) < 4.78 is 0. The van der Waals surface area contributed by atoms with Gasteiger partial charge >= 0.3 is 46.9 Å². The molecule has 0 spiro atoms. The monoisotopic (exact) mass is 768 g/mol. The van der Waals surface area contributed by atoms with Gasteiger partial charge in [-0.05, 0) is 65.9 Å². The zero-order chi connectivity index (χ0) is 31.6. The van der Waals surface area contributed by atoms with Gasteiger partial charge in [-0.1, -0.05) is 84.9 Å². The molecule has 0 aromatic heterocycles. The van der Waals surface area contributed by atoms with Gasteiger partial charge in [-0.3, -0.25) is 10.6 Å². The van der Waals surface area contributed by atoms with Gasteiger partial charge in [0.15, 0.2) is 0 Å². The van der Waals surface area contributed by atoms with Crippen LogP contribution in [0.4, 0.5) is 22.7 Å². The maximum atomic E-state index is 4.01. The molecular formula is C41H46N4Yb. The van der Waals surface area contributed by atoms with Crippen molar-refractivity contribution in [2.45, 2.75) is 32.4 Å². The molecule has 3 aliphatic rings. The molecule has 5 aromatic carbocycles. The molecular weight excluding hydrogens is 722 g/mol. The number of aryl methyl sites for hydroxylation is 1. The topological polar surface area (TPSA) is 23.8 Å². The molecule has 5 aromatic rings. The predicted molar refractivity (Wildman–Crippen MR) is 193 cm³/mol. The van der Waals surface area contributed by atoms with E-state index in [-0.39, 0.29) is 46.9 Å². The fourth-order valence-corrected chi connectivity index (χ4v) is 6.26. The standard InChI is InChI=1S/C14H13N.C10H13N.C9H11N.C8H9N.Yb/c1-15-13-8-4-2-6-11(13)10-12-7-3-5-9-14(12)15;1-11-8-4-6-9-5-2-3-7-10(9)11;1-10-6-8-4-2-3-5-9(8)7-10;1-7-5-3-4-6-8(7)9-2;/h2-9H,10H2,1H3;2-3,5,7H,4,6,8H2,1H3;2-5H,6-7H2,1H3;3-6H,1H2,2H3;/q;;;-2;+2. The van der Waals surface area contributed by atoms with E-state index in [0.717, 1.165) is 30.8 Å². The van der Waals surface area contributed by atoms with Crippen LogP contribution < -0.4 is 9.80 Å². The second-order valence-corrected chi connectivity index (χ2v) is 11.9. The SMILES string of the molecule is CN1CCCc2ccccc21.CN1Cc2ccccc2C1.CN1c2ccccc2Cc2ccccc21.[CH2-]c1ccccc1[N-]C.[Yb+2]. The average molecular weight is 768 g/mol. The van der Waals surface area contributed by atoms with Gasteiger partial charge in [-0.25, -0.2) is 12.5 Å². The Kier molecular flexibility index (Phi) is 13.7. The molecule has 0 radical (unpaired) electrons. The summed E-state index contributed by atoms with van der Waals surface area (Å²) >= 11 is 0. The van der Waals surface area contributed by atoms with Gasteiger partial charge in [-0.15, -0.1) is 12.1 Å². The van der Waals surface area contributed by atoms with Crippen LogP contribution in [0, 0.1) is 53.8 Å². The Labute approximate surface area is 315 Å². The van der Waals surface area contributed by atoms with Crippen LogP contribution >= 0.6 is 0 Å². The molecule has 0 saturated carbocycles. The molecule has 0 unspecified atom stereocenters. The third-order valence-corrected chi connectivity index (χ3v) is 8.66. The zero-order valence-corrected chi connectivity index (χ0v) is 29.3. The van der Waals surface area contributed by atoms with E-state index in [1.165, 1.54) is 64.3 Å². The van der Waals surface area contributed by atoms with Gasteiger partial charge in [0.05, 0.1) is 0 Å². The zero-order valence-electron chi connectivity index (χ0n) is 27.6. The molecule has 0 fully saturated rings. The number of para-hydroxylation sites is 4. The van der Waals surface area contributed by atoms with Crippen LogP contribution in [0.15, 0.2) is 121 Å². The van der Waals surface area contributed by atoms with E-state index in [0.29, 0.717) is 0 Å². The number of anilines is 3. The van der Waals surface area contributed by atoms with Gasteiger partial charge < -0.3 is 15.1 Å². The molecule has 0 saturated heterocycles. The first-order chi connectivity index (χ1) is 21.9. The Morgan fingerprint density at radius 2 is 1.02 bits per heavy atom. The van der Waals surface area contributed by atoms with E-state index in [2.05, 4.69) is 145 Å². The van der Waals surface area contributed by atoms with E-state index in [4.69, 9.17) is 0 Å². The van der Waals surface area contributed by atoms with Crippen molar-refractivity contribution in [1.82, 2.24) is 4.90 Å². The van der Waals surface area contributed by atoms with Gasteiger partial charge in [0.1, 0.15) is 0 Å². The molecule has 4 nitrogen and oxygen atoms in total. The van der Waals surface area contributed by atoms with Crippen LogP contribution in [0.5, 0.6) is 0 Å². The number of fused-ring (bicyclic) bond motifs is 4. The first kappa shape index (κ1) is 35.7. The Morgan fingerprint density at radius 1 is 0.565 bits per heavy atom. The minimum Gasteiger partial charge on any atom is -0.745 e. The van der Waals surface area contributed by atoms with Crippen LogP contribution in [-0.4, -0.2) is 39.6 Å². The van der Waals surface area contributed by atoms with Crippen molar-refractivity contribution in [3.63, 3.8) is 0 Å². The fourth-order valence-electron chi connectivity index (χ4n) is 6.26. The van der Waals surface area contributed by atoms with Crippen LogP contribution in [0.25, 0.3) is 5.32 Å². The van der Waals surface area contributed by atoms with Crippen LogP contribution in [0.2, 0.25) is 0 Å². The summed E-state index contributed by atoms with van der Waals surface area (Å²) in [7, 11) is 8.22. The number of hydrogen-bond donors (Lipinski definition) is 0. The van der Waals surface area contributed by atoms with Crippen molar-refractivity contribution in [2.24, 2.45) is 0 Å². The van der Waals surface area contributed by atoms with E-state index >= 15 is 0 Å². The van der Waals surface area contributed by atoms with E-state index in [1.54, 1.807) is 7.05 Å². The number of nitrogens with zero attached hydrogens (tertiary/aromatic N) is 4. The van der Waals surface area contributed by atoms with Gasteiger partial charge in [0, 0.05) is 57.2 Å². The van der Waals surface area contributed by atoms with Gasteiger partial charge in [0.2, 0.25) is 0 Å². The summed E-state index contributed by atoms with van der Waals surface area (Å²) in [6.45, 7) is 7.25. The molecule has 3 aliphatic heterocycles. The van der Waals surface area contributed by atoms with E-state index in [1.807, 2.05) is 24.3 Å². The fraction of sp³-hybridized carbons (Fsp3) is 0.244. The summed E-state index contributed by atoms with van der Waals surface area (Å²) in [6.07, 6.45) is 3.60. The molecule has 3 heterocycles. The number of hydrogen-bond acceptors (Lipinski definition) is 3. The Morgan fingerprint density at radius 3 is 1.52 bits per heavy atom. The van der Waals surface area contributed by atoms with Gasteiger partial charge in [0.25, 0.3) is 0 Å². The summed E-state index contributed by atoms with van der Waals surface area (Å²) in [5.74, 6) is 0. The largest absolute Gasteiger partial charge is 2.00 e. The summed E-state index contributed by atoms with van der Waals surface area (Å²) in [4.78, 5) is 6.93.